The fraction of sp³-hybridized carbons (Fsp3) is 0.333. The quantitative estimate of drug-likeness (QED) is 0.750. The molecule has 0 bridgehead atoms. The molecule has 1 aromatic heterocycles. The van der Waals surface area contributed by atoms with Gasteiger partial charge in [0.25, 0.3) is 0 Å². The average Bonchev–Trinajstić information content (AvgIpc) is 2.49. The highest BCUT2D eigenvalue weighted by atomic mass is 79.9. The first-order valence-electron chi connectivity index (χ1n) is 6.97. The zero-order valence-corrected chi connectivity index (χ0v) is 14.4. The number of nitrogens with zero attached hydrogens (tertiary/aromatic N) is 2. The molecule has 6 heteroatoms. The van der Waals surface area contributed by atoms with E-state index in [0.717, 1.165) is 47.0 Å². The monoisotopic (exact) mass is 368 g/mol. The molecule has 4 nitrogen and oxygen atoms in total. The summed E-state index contributed by atoms with van der Waals surface area (Å²) < 4.78 is 0.825. The van der Waals surface area contributed by atoms with Gasteiger partial charge in [-0.05, 0) is 34.5 Å². The number of halogens is 2. The Bertz CT molecular complexity index is 619. The minimum atomic E-state index is 0.661. The Hall–Kier alpha value is -1.33. The molecule has 112 valence electrons. The average molecular weight is 370 g/mol. The Balaban J connectivity index is 2.28. The van der Waals surface area contributed by atoms with E-state index in [-0.39, 0.29) is 0 Å². The predicted octanol–water partition coefficient (Wildman–Crippen LogP) is 5.02. The lowest BCUT2D eigenvalue weighted by atomic mass is 10.3. The second-order valence-electron chi connectivity index (χ2n) is 4.56. The van der Waals surface area contributed by atoms with Crippen molar-refractivity contribution in [2.24, 2.45) is 0 Å². The lowest BCUT2D eigenvalue weighted by Gasteiger charge is -2.12. The molecule has 0 unspecified atom stereocenters. The standard InChI is InChI=1S/C15H18BrClN4/c1-3-8-18-13-9-14(21-12(4-2)20-13)19-11-7-5-6-10(17)15(11)16/h5-7,9H,3-4,8H2,1-2H3,(H2,18,19,20,21). The Morgan fingerprint density at radius 1 is 1.19 bits per heavy atom. The molecule has 2 aromatic rings. The third-order valence-corrected chi connectivity index (χ3v) is 4.26. The Morgan fingerprint density at radius 3 is 2.67 bits per heavy atom. The molecule has 0 atom stereocenters. The maximum absolute atomic E-state index is 6.11. The number of anilines is 3. The maximum atomic E-state index is 6.11. The molecular weight excluding hydrogens is 352 g/mol. The van der Waals surface area contributed by atoms with Crippen LogP contribution in [0.4, 0.5) is 17.3 Å². The van der Waals surface area contributed by atoms with Gasteiger partial charge in [0, 0.05) is 19.0 Å². The molecule has 0 amide bonds. The Kier molecular flexibility index (Phi) is 5.82. The zero-order valence-electron chi connectivity index (χ0n) is 12.1. The first kappa shape index (κ1) is 16.0. The van der Waals surface area contributed by atoms with E-state index in [9.17, 15) is 0 Å². The second-order valence-corrected chi connectivity index (χ2v) is 5.76. The van der Waals surface area contributed by atoms with Gasteiger partial charge in [-0.1, -0.05) is 31.5 Å². The highest BCUT2D eigenvalue weighted by Gasteiger charge is 2.07. The molecule has 0 saturated carbocycles. The van der Waals surface area contributed by atoms with Crippen LogP contribution in [0.5, 0.6) is 0 Å². The van der Waals surface area contributed by atoms with Crippen molar-refractivity contribution >= 4 is 44.9 Å². The molecule has 0 radical (unpaired) electrons. The van der Waals surface area contributed by atoms with E-state index >= 15 is 0 Å². The van der Waals surface area contributed by atoms with E-state index in [1.165, 1.54) is 0 Å². The van der Waals surface area contributed by atoms with Crippen LogP contribution in [-0.4, -0.2) is 16.5 Å². The van der Waals surface area contributed by atoms with Crippen molar-refractivity contribution in [3.05, 3.63) is 39.6 Å². The maximum Gasteiger partial charge on any atom is 0.136 e. The van der Waals surface area contributed by atoms with Crippen LogP contribution < -0.4 is 10.6 Å². The van der Waals surface area contributed by atoms with Gasteiger partial charge in [0.2, 0.25) is 0 Å². The van der Waals surface area contributed by atoms with Crippen molar-refractivity contribution < 1.29 is 0 Å². The number of aromatic nitrogens is 2. The van der Waals surface area contributed by atoms with E-state index in [4.69, 9.17) is 11.6 Å². The van der Waals surface area contributed by atoms with Crippen LogP contribution in [0, 0.1) is 0 Å². The smallest absolute Gasteiger partial charge is 0.136 e. The number of rotatable bonds is 6. The number of benzene rings is 1. The van der Waals surface area contributed by atoms with E-state index in [2.05, 4.69) is 43.5 Å². The van der Waals surface area contributed by atoms with Crippen molar-refractivity contribution in [3.63, 3.8) is 0 Å². The molecule has 2 rings (SSSR count). The number of hydrogen-bond donors (Lipinski definition) is 2. The third-order valence-electron chi connectivity index (χ3n) is 2.86. The summed E-state index contributed by atoms with van der Waals surface area (Å²) in [5.74, 6) is 2.39. The molecule has 0 aliphatic rings. The van der Waals surface area contributed by atoms with Gasteiger partial charge in [-0.3, -0.25) is 0 Å². The molecule has 1 heterocycles. The summed E-state index contributed by atoms with van der Waals surface area (Å²) in [6.07, 6.45) is 1.83. The third kappa shape index (κ3) is 4.32. The molecule has 0 fully saturated rings. The lowest BCUT2D eigenvalue weighted by Crippen LogP contribution is -2.07. The number of nitrogens with one attached hydrogen (secondary N) is 2. The van der Waals surface area contributed by atoms with Crippen LogP contribution in [0.2, 0.25) is 5.02 Å². The molecule has 0 aliphatic heterocycles. The molecule has 0 aliphatic carbocycles. The van der Waals surface area contributed by atoms with E-state index in [1.807, 2.05) is 31.2 Å². The van der Waals surface area contributed by atoms with Crippen LogP contribution >= 0.6 is 27.5 Å². The van der Waals surface area contributed by atoms with Crippen molar-refractivity contribution in [2.75, 3.05) is 17.2 Å². The normalized spacial score (nSPS) is 10.5. The Morgan fingerprint density at radius 2 is 1.95 bits per heavy atom. The van der Waals surface area contributed by atoms with Crippen molar-refractivity contribution in [1.29, 1.82) is 0 Å². The van der Waals surface area contributed by atoms with Gasteiger partial charge in [0.1, 0.15) is 17.5 Å². The van der Waals surface area contributed by atoms with Gasteiger partial charge in [0.15, 0.2) is 0 Å². The van der Waals surface area contributed by atoms with Gasteiger partial charge in [-0.25, -0.2) is 9.97 Å². The molecule has 2 N–H and O–H groups in total. The summed E-state index contributed by atoms with van der Waals surface area (Å²) in [5, 5.41) is 7.24. The summed E-state index contributed by atoms with van der Waals surface area (Å²) in [6.45, 7) is 5.05. The van der Waals surface area contributed by atoms with Crippen LogP contribution in [-0.2, 0) is 6.42 Å². The number of hydrogen-bond acceptors (Lipinski definition) is 4. The topological polar surface area (TPSA) is 49.8 Å². The van der Waals surface area contributed by atoms with Crippen molar-refractivity contribution in [2.45, 2.75) is 26.7 Å². The van der Waals surface area contributed by atoms with Crippen LogP contribution in [0.25, 0.3) is 0 Å². The van der Waals surface area contributed by atoms with Crippen molar-refractivity contribution in [3.8, 4) is 0 Å². The molecule has 1 aromatic carbocycles. The van der Waals surface area contributed by atoms with Gasteiger partial charge in [-0.2, -0.15) is 0 Å². The van der Waals surface area contributed by atoms with E-state index < -0.39 is 0 Å². The largest absolute Gasteiger partial charge is 0.370 e. The van der Waals surface area contributed by atoms with Gasteiger partial charge in [0.05, 0.1) is 15.2 Å². The minimum absolute atomic E-state index is 0.661. The molecule has 0 saturated heterocycles. The highest BCUT2D eigenvalue weighted by molar-refractivity contribution is 9.10. The first-order chi connectivity index (χ1) is 10.1. The fourth-order valence-corrected chi connectivity index (χ4v) is 2.34. The van der Waals surface area contributed by atoms with Crippen LogP contribution in [0.1, 0.15) is 26.1 Å². The molecule has 0 spiro atoms. The van der Waals surface area contributed by atoms with Gasteiger partial charge in [-0.15, -0.1) is 0 Å². The predicted molar refractivity (Wildman–Crippen MR) is 92.6 cm³/mol. The zero-order chi connectivity index (χ0) is 15.2. The summed E-state index contributed by atoms with van der Waals surface area (Å²) in [7, 11) is 0. The lowest BCUT2D eigenvalue weighted by molar-refractivity contribution is 0.919. The summed E-state index contributed by atoms with van der Waals surface area (Å²) >= 11 is 9.59. The van der Waals surface area contributed by atoms with Gasteiger partial charge >= 0.3 is 0 Å². The minimum Gasteiger partial charge on any atom is -0.370 e. The number of aryl methyl sites for hydroxylation is 1. The van der Waals surface area contributed by atoms with Crippen LogP contribution in [0.15, 0.2) is 28.7 Å². The first-order valence-corrected chi connectivity index (χ1v) is 8.14. The summed E-state index contributed by atoms with van der Waals surface area (Å²) in [6, 6.07) is 7.58. The van der Waals surface area contributed by atoms with Gasteiger partial charge < -0.3 is 10.6 Å². The molecule has 21 heavy (non-hydrogen) atoms. The second kappa shape index (κ2) is 7.61. The van der Waals surface area contributed by atoms with E-state index in [1.54, 1.807) is 0 Å². The van der Waals surface area contributed by atoms with Crippen LogP contribution in [0.3, 0.4) is 0 Å². The molecular formula is C15H18BrClN4. The fourth-order valence-electron chi connectivity index (χ4n) is 1.80. The van der Waals surface area contributed by atoms with Crippen molar-refractivity contribution in [1.82, 2.24) is 9.97 Å². The van der Waals surface area contributed by atoms with E-state index in [0.29, 0.717) is 5.02 Å². The highest BCUT2D eigenvalue weighted by Crippen LogP contribution is 2.32. The Labute approximate surface area is 138 Å². The summed E-state index contributed by atoms with van der Waals surface area (Å²) in [5.41, 5.74) is 0.879. The summed E-state index contributed by atoms with van der Waals surface area (Å²) in [4.78, 5) is 8.97. The SMILES string of the molecule is CCCNc1cc(Nc2cccc(Cl)c2Br)nc(CC)n1.